The molecule has 2 rings (SSSR count). The Morgan fingerprint density at radius 3 is 2.78 bits per heavy atom. The van der Waals surface area contributed by atoms with Crippen molar-refractivity contribution < 1.29 is 5.11 Å². The second-order valence-electron chi connectivity index (χ2n) is 5.45. The molecule has 18 heavy (non-hydrogen) atoms. The van der Waals surface area contributed by atoms with Gasteiger partial charge in [0.1, 0.15) is 0 Å². The second-order valence-corrected chi connectivity index (χ2v) is 5.45. The van der Waals surface area contributed by atoms with Crippen LogP contribution in [0.15, 0.2) is 43.0 Å². The van der Waals surface area contributed by atoms with Crippen molar-refractivity contribution in [2.45, 2.75) is 25.8 Å². The van der Waals surface area contributed by atoms with Gasteiger partial charge in [-0.05, 0) is 31.4 Å². The lowest BCUT2D eigenvalue weighted by Crippen LogP contribution is -2.44. The number of benzene rings is 1. The Hall–Kier alpha value is -1.12. The number of allylic oxidation sites excluding steroid dienone is 1. The molecule has 2 nitrogen and oxygen atoms in total. The lowest BCUT2D eigenvalue weighted by atomic mass is 9.78. The Labute approximate surface area is 110 Å². The van der Waals surface area contributed by atoms with Gasteiger partial charge in [0.15, 0.2) is 0 Å². The van der Waals surface area contributed by atoms with E-state index in [9.17, 15) is 5.11 Å². The number of aliphatic hydroxyl groups excluding tert-OH is 1. The summed E-state index contributed by atoms with van der Waals surface area (Å²) in [5, 5.41) is 9.68. The van der Waals surface area contributed by atoms with Gasteiger partial charge in [-0.15, -0.1) is 6.58 Å². The van der Waals surface area contributed by atoms with Gasteiger partial charge < -0.3 is 5.11 Å². The number of hydrogen-bond donors (Lipinski definition) is 1. The van der Waals surface area contributed by atoms with E-state index in [1.165, 1.54) is 12.0 Å². The highest BCUT2D eigenvalue weighted by Crippen LogP contribution is 2.33. The number of rotatable bonds is 5. The molecule has 0 aliphatic carbocycles. The van der Waals surface area contributed by atoms with E-state index in [1.54, 1.807) is 0 Å². The van der Waals surface area contributed by atoms with Crippen LogP contribution in [-0.2, 0) is 6.54 Å². The normalized spacial score (nSPS) is 24.9. The van der Waals surface area contributed by atoms with E-state index >= 15 is 0 Å². The molecule has 1 saturated heterocycles. The highest BCUT2D eigenvalue weighted by molar-refractivity contribution is 5.14. The van der Waals surface area contributed by atoms with E-state index in [0.29, 0.717) is 0 Å². The topological polar surface area (TPSA) is 23.5 Å². The predicted octanol–water partition coefficient (Wildman–Crippen LogP) is 2.84. The largest absolute Gasteiger partial charge is 0.396 e. The number of likely N-dealkylation sites (tertiary alicyclic amines) is 1. The SMILES string of the molecule is C=CCC1(CO)CCCN(Cc2ccccc2)C1. The summed E-state index contributed by atoms with van der Waals surface area (Å²) in [7, 11) is 0. The molecule has 0 bridgehead atoms. The predicted molar refractivity (Wildman–Crippen MR) is 75.3 cm³/mol. The summed E-state index contributed by atoms with van der Waals surface area (Å²) in [6.45, 7) is 7.19. The van der Waals surface area contributed by atoms with Crippen molar-refractivity contribution in [3.63, 3.8) is 0 Å². The monoisotopic (exact) mass is 245 g/mol. The molecule has 1 aromatic carbocycles. The zero-order chi connectivity index (χ0) is 12.8. The molecule has 1 atom stereocenters. The quantitative estimate of drug-likeness (QED) is 0.806. The molecule has 0 radical (unpaired) electrons. The molecule has 1 N–H and O–H groups in total. The van der Waals surface area contributed by atoms with Gasteiger partial charge in [-0.2, -0.15) is 0 Å². The summed E-state index contributed by atoms with van der Waals surface area (Å²) in [4.78, 5) is 2.46. The van der Waals surface area contributed by atoms with Gasteiger partial charge in [0.25, 0.3) is 0 Å². The van der Waals surface area contributed by atoms with Crippen LogP contribution in [0.2, 0.25) is 0 Å². The fourth-order valence-electron chi connectivity index (χ4n) is 2.95. The second kappa shape index (κ2) is 6.17. The Morgan fingerprint density at radius 1 is 1.33 bits per heavy atom. The molecule has 1 unspecified atom stereocenters. The van der Waals surface area contributed by atoms with E-state index in [4.69, 9.17) is 0 Å². The van der Waals surface area contributed by atoms with Crippen LogP contribution in [0, 0.1) is 5.41 Å². The van der Waals surface area contributed by atoms with Crippen LogP contribution in [0.5, 0.6) is 0 Å². The fourth-order valence-corrected chi connectivity index (χ4v) is 2.95. The number of aliphatic hydroxyl groups is 1. The standard InChI is InChI=1S/C16H23NO/c1-2-9-16(14-18)10-6-11-17(13-16)12-15-7-4-3-5-8-15/h2-5,7-8,18H,1,6,9-14H2. The zero-order valence-electron chi connectivity index (χ0n) is 11.0. The fraction of sp³-hybridized carbons (Fsp3) is 0.500. The maximum absolute atomic E-state index is 9.68. The summed E-state index contributed by atoms with van der Waals surface area (Å²) >= 11 is 0. The molecule has 0 aromatic heterocycles. The first kappa shape index (κ1) is 13.3. The molecular weight excluding hydrogens is 222 g/mol. The number of hydrogen-bond acceptors (Lipinski definition) is 2. The van der Waals surface area contributed by atoms with Crippen LogP contribution in [-0.4, -0.2) is 29.7 Å². The van der Waals surface area contributed by atoms with Crippen LogP contribution in [0.4, 0.5) is 0 Å². The summed E-state index contributed by atoms with van der Waals surface area (Å²) in [5.74, 6) is 0. The third kappa shape index (κ3) is 3.21. The minimum Gasteiger partial charge on any atom is -0.396 e. The molecule has 0 amide bonds. The van der Waals surface area contributed by atoms with Gasteiger partial charge in [-0.3, -0.25) is 4.90 Å². The number of piperidine rings is 1. The van der Waals surface area contributed by atoms with Crippen LogP contribution in [0.1, 0.15) is 24.8 Å². The van der Waals surface area contributed by atoms with Gasteiger partial charge in [-0.25, -0.2) is 0 Å². The molecule has 0 spiro atoms. The molecular formula is C16H23NO. The molecule has 1 aromatic rings. The van der Waals surface area contributed by atoms with Crippen molar-refractivity contribution in [3.8, 4) is 0 Å². The van der Waals surface area contributed by atoms with Crippen molar-refractivity contribution in [2.75, 3.05) is 19.7 Å². The van der Waals surface area contributed by atoms with E-state index in [2.05, 4.69) is 41.8 Å². The first-order chi connectivity index (χ1) is 8.78. The first-order valence-electron chi connectivity index (χ1n) is 6.76. The van der Waals surface area contributed by atoms with Crippen LogP contribution in [0.3, 0.4) is 0 Å². The van der Waals surface area contributed by atoms with Crippen LogP contribution < -0.4 is 0 Å². The van der Waals surface area contributed by atoms with Gasteiger partial charge in [0.05, 0.1) is 6.61 Å². The zero-order valence-corrected chi connectivity index (χ0v) is 11.0. The van der Waals surface area contributed by atoms with Gasteiger partial charge >= 0.3 is 0 Å². The van der Waals surface area contributed by atoms with Crippen LogP contribution >= 0.6 is 0 Å². The van der Waals surface area contributed by atoms with E-state index in [-0.39, 0.29) is 12.0 Å². The van der Waals surface area contributed by atoms with Gasteiger partial charge in [-0.1, -0.05) is 36.4 Å². The van der Waals surface area contributed by atoms with Gasteiger partial charge in [0.2, 0.25) is 0 Å². The Bertz CT molecular complexity index is 376. The number of nitrogens with zero attached hydrogens (tertiary/aromatic N) is 1. The minimum atomic E-state index is 0.0365. The Morgan fingerprint density at radius 2 is 2.11 bits per heavy atom. The smallest absolute Gasteiger partial charge is 0.0502 e. The highest BCUT2D eigenvalue weighted by Gasteiger charge is 2.33. The molecule has 1 aliphatic heterocycles. The maximum Gasteiger partial charge on any atom is 0.0502 e. The van der Waals surface area contributed by atoms with Crippen LogP contribution in [0.25, 0.3) is 0 Å². The molecule has 1 heterocycles. The molecule has 0 saturated carbocycles. The first-order valence-corrected chi connectivity index (χ1v) is 6.76. The Balaban J connectivity index is 2.00. The minimum absolute atomic E-state index is 0.0365. The molecule has 1 aliphatic rings. The van der Waals surface area contributed by atoms with Crippen molar-refractivity contribution >= 4 is 0 Å². The lowest BCUT2D eigenvalue weighted by Gasteiger charge is -2.41. The van der Waals surface area contributed by atoms with E-state index in [1.807, 2.05) is 6.08 Å². The average molecular weight is 245 g/mol. The van der Waals surface area contributed by atoms with Crippen molar-refractivity contribution in [2.24, 2.45) is 5.41 Å². The molecule has 2 heteroatoms. The Kier molecular flexibility index (Phi) is 4.56. The summed E-state index contributed by atoms with van der Waals surface area (Å²) in [5.41, 5.74) is 1.39. The van der Waals surface area contributed by atoms with E-state index in [0.717, 1.165) is 32.5 Å². The summed E-state index contributed by atoms with van der Waals surface area (Å²) in [6, 6.07) is 10.6. The molecule has 98 valence electrons. The summed E-state index contributed by atoms with van der Waals surface area (Å²) in [6.07, 6.45) is 5.14. The average Bonchev–Trinajstić information content (AvgIpc) is 2.41. The lowest BCUT2D eigenvalue weighted by molar-refractivity contribution is 0.0309. The highest BCUT2D eigenvalue weighted by atomic mass is 16.3. The maximum atomic E-state index is 9.68. The van der Waals surface area contributed by atoms with Crippen molar-refractivity contribution in [1.29, 1.82) is 0 Å². The van der Waals surface area contributed by atoms with E-state index < -0.39 is 0 Å². The third-order valence-electron chi connectivity index (χ3n) is 3.90. The summed E-state index contributed by atoms with van der Waals surface area (Å²) < 4.78 is 0. The third-order valence-corrected chi connectivity index (χ3v) is 3.90. The van der Waals surface area contributed by atoms with Gasteiger partial charge in [0, 0.05) is 18.5 Å². The van der Waals surface area contributed by atoms with Crippen molar-refractivity contribution in [3.05, 3.63) is 48.6 Å². The molecule has 1 fully saturated rings. The van der Waals surface area contributed by atoms with Crippen molar-refractivity contribution in [1.82, 2.24) is 4.90 Å².